The summed E-state index contributed by atoms with van der Waals surface area (Å²) < 4.78 is 0. The summed E-state index contributed by atoms with van der Waals surface area (Å²) in [6.45, 7) is 1.60. The lowest BCUT2D eigenvalue weighted by Gasteiger charge is -2.32. The van der Waals surface area contributed by atoms with E-state index in [2.05, 4.69) is 5.32 Å². The second-order valence-electron chi connectivity index (χ2n) is 3.93. The van der Waals surface area contributed by atoms with Crippen LogP contribution in [-0.4, -0.2) is 54.4 Å². The molecule has 1 unspecified atom stereocenters. The highest BCUT2D eigenvalue weighted by atomic mass is 35.5. The SMILES string of the molecule is CNC1CCCN(C(=O)CSCC(N)=O)C1.Cl. The monoisotopic (exact) mass is 281 g/mol. The minimum absolute atomic E-state index is 0. The lowest BCUT2D eigenvalue weighted by molar-refractivity contribution is -0.129. The fraction of sp³-hybridized carbons (Fsp3) is 0.800. The Labute approximate surface area is 112 Å². The second-order valence-corrected chi connectivity index (χ2v) is 4.91. The molecule has 0 aromatic carbocycles. The molecule has 1 rings (SSSR count). The maximum absolute atomic E-state index is 11.8. The molecule has 0 aromatic rings. The Hall–Kier alpha value is -0.460. The number of halogens is 1. The molecule has 0 radical (unpaired) electrons. The molecule has 0 spiro atoms. The summed E-state index contributed by atoms with van der Waals surface area (Å²) in [5.41, 5.74) is 5.01. The van der Waals surface area contributed by atoms with E-state index >= 15 is 0 Å². The van der Waals surface area contributed by atoms with Crippen molar-refractivity contribution in [1.82, 2.24) is 10.2 Å². The first-order valence-electron chi connectivity index (χ1n) is 5.44. The van der Waals surface area contributed by atoms with Crippen molar-refractivity contribution < 1.29 is 9.59 Å². The first-order valence-corrected chi connectivity index (χ1v) is 6.60. The maximum Gasteiger partial charge on any atom is 0.232 e. The standard InChI is InChI=1S/C10H19N3O2S.ClH/c1-12-8-3-2-4-13(5-8)10(15)7-16-6-9(11)14;/h8,12H,2-7H2,1H3,(H2,11,14);1H. The molecule has 1 fully saturated rings. The highest BCUT2D eigenvalue weighted by molar-refractivity contribution is 8.00. The number of primary amides is 1. The molecule has 7 heteroatoms. The van der Waals surface area contributed by atoms with Crippen molar-refractivity contribution in [2.45, 2.75) is 18.9 Å². The predicted molar refractivity (Wildman–Crippen MR) is 72.4 cm³/mol. The Morgan fingerprint density at radius 2 is 2.18 bits per heavy atom. The van der Waals surface area contributed by atoms with Gasteiger partial charge in [0.05, 0.1) is 11.5 Å². The van der Waals surface area contributed by atoms with Crippen LogP contribution in [0.2, 0.25) is 0 Å². The number of hydrogen-bond donors (Lipinski definition) is 2. The molecule has 0 aromatic heterocycles. The number of carbonyl (C=O) groups excluding carboxylic acids is 2. The third-order valence-electron chi connectivity index (χ3n) is 2.65. The smallest absolute Gasteiger partial charge is 0.232 e. The number of likely N-dealkylation sites (tertiary alicyclic amines) is 1. The number of nitrogens with two attached hydrogens (primary N) is 1. The highest BCUT2D eigenvalue weighted by Gasteiger charge is 2.22. The average Bonchev–Trinajstić information content (AvgIpc) is 2.28. The van der Waals surface area contributed by atoms with Gasteiger partial charge in [0.1, 0.15) is 0 Å². The minimum atomic E-state index is -0.371. The van der Waals surface area contributed by atoms with Gasteiger partial charge in [-0.15, -0.1) is 24.2 Å². The van der Waals surface area contributed by atoms with Crippen molar-refractivity contribution in [3.8, 4) is 0 Å². The molecule has 0 bridgehead atoms. The van der Waals surface area contributed by atoms with Gasteiger partial charge in [0.25, 0.3) is 0 Å². The van der Waals surface area contributed by atoms with Crippen molar-refractivity contribution in [1.29, 1.82) is 0 Å². The number of hydrogen-bond acceptors (Lipinski definition) is 4. The highest BCUT2D eigenvalue weighted by Crippen LogP contribution is 2.11. The Bertz CT molecular complexity index is 266. The van der Waals surface area contributed by atoms with Crippen LogP contribution in [0.5, 0.6) is 0 Å². The lowest BCUT2D eigenvalue weighted by atomic mass is 10.1. The van der Waals surface area contributed by atoms with E-state index in [0.717, 1.165) is 25.9 Å². The normalized spacial score (nSPS) is 19.6. The lowest BCUT2D eigenvalue weighted by Crippen LogP contribution is -2.47. The molecule has 0 aliphatic carbocycles. The second kappa shape index (κ2) is 8.60. The number of rotatable bonds is 5. The quantitative estimate of drug-likeness (QED) is 0.734. The number of amides is 2. The summed E-state index contributed by atoms with van der Waals surface area (Å²) in [6, 6.07) is 0.402. The number of thioether (sulfide) groups is 1. The van der Waals surface area contributed by atoms with E-state index in [-0.39, 0.29) is 30.0 Å². The van der Waals surface area contributed by atoms with Crippen molar-refractivity contribution in [3.63, 3.8) is 0 Å². The van der Waals surface area contributed by atoms with E-state index < -0.39 is 0 Å². The largest absolute Gasteiger partial charge is 0.369 e. The zero-order valence-electron chi connectivity index (χ0n) is 9.98. The summed E-state index contributed by atoms with van der Waals surface area (Å²) in [4.78, 5) is 24.1. The molecule has 0 saturated carbocycles. The van der Waals surface area contributed by atoms with Gasteiger partial charge in [-0.2, -0.15) is 0 Å². The first-order chi connectivity index (χ1) is 7.63. The Morgan fingerprint density at radius 3 is 2.76 bits per heavy atom. The van der Waals surface area contributed by atoms with Crippen LogP contribution in [0.15, 0.2) is 0 Å². The Balaban J connectivity index is 0.00000256. The minimum Gasteiger partial charge on any atom is -0.369 e. The summed E-state index contributed by atoms with van der Waals surface area (Å²) >= 11 is 1.29. The van der Waals surface area contributed by atoms with Crippen LogP contribution in [0.3, 0.4) is 0 Å². The number of likely N-dealkylation sites (N-methyl/N-ethyl adjacent to an activating group) is 1. The van der Waals surface area contributed by atoms with Crippen molar-refractivity contribution in [2.24, 2.45) is 5.73 Å². The Kier molecular flexibility index (Phi) is 8.37. The molecule has 1 heterocycles. The maximum atomic E-state index is 11.8. The van der Waals surface area contributed by atoms with Gasteiger partial charge in [-0.25, -0.2) is 0 Å². The van der Waals surface area contributed by atoms with Crippen molar-refractivity contribution in [3.05, 3.63) is 0 Å². The average molecular weight is 282 g/mol. The summed E-state index contributed by atoms with van der Waals surface area (Å²) in [5.74, 6) is 0.296. The van der Waals surface area contributed by atoms with Gasteiger partial charge in [0.2, 0.25) is 11.8 Å². The molecule has 1 aliphatic rings. The first kappa shape index (κ1) is 16.5. The van der Waals surface area contributed by atoms with Gasteiger partial charge in [0, 0.05) is 19.1 Å². The predicted octanol–water partition coefficient (Wildman–Crippen LogP) is -0.163. The van der Waals surface area contributed by atoms with Crippen LogP contribution in [-0.2, 0) is 9.59 Å². The summed E-state index contributed by atoms with van der Waals surface area (Å²) in [7, 11) is 1.92. The molecule has 1 atom stereocenters. The third-order valence-corrected chi connectivity index (χ3v) is 3.59. The van der Waals surface area contributed by atoms with E-state index in [1.54, 1.807) is 0 Å². The molecule has 2 amide bonds. The zero-order valence-corrected chi connectivity index (χ0v) is 11.6. The van der Waals surface area contributed by atoms with Gasteiger partial charge in [-0.1, -0.05) is 0 Å². The molecule has 17 heavy (non-hydrogen) atoms. The topological polar surface area (TPSA) is 75.4 Å². The molecule has 1 saturated heterocycles. The fourth-order valence-electron chi connectivity index (χ4n) is 1.77. The van der Waals surface area contributed by atoms with Gasteiger partial charge in [-0.3, -0.25) is 9.59 Å². The number of nitrogens with zero attached hydrogens (tertiary/aromatic N) is 1. The van der Waals surface area contributed by atoms with E-state index in [1.165, 1.54) is 11.8 Å². The van der Waals surface area contributed by atoms with Gasteiger partial charge in [-0.05, 0) is 19.9 Å². The van der Waals surface area contributed by atoms with Crippen molar-refractivity contribution >= 4 is 36.0 Å². The fourth-order valence-corrected chi connectivity index (χ4v) is 2.43. The van der Waals surface area contributed by atoms with Gasteiger partial charge < -0.3 is 16.0 Å². The zero-order chi connectivity index (χ0) is 12.0. The van der Waals surface area contributed by atoms with Crippen LogP contribution in [0.4, 0.5) is 0 Å². The molecule has 3 N–H and O–H groups in total. The van der Waals surface area contributed by atoms with Gasteiger partial charge >= 0.3 is 0 Å². The summed E-state index contributed by atoms with van der Waals surface area (Å²) in [6.07, 6.45) is 2.16. The van der Waals surface area contributed by atoms with E-state index in [4.69, 9.17) is 5.73 Å². The van der Waals surface area contributed by atoms with Gasteiger partial charge in [0.15, 0.2) is 0 Å². The summed E-state index contributed by atoms with van der Waals surface area (Å²) in [5, 5.41) is 3.19. The third kappa shape index (κ3) is 6.14. The molecular formula is C10H20ClN3O2S. The molecule has 100 valence electrons. The number of nitrogens with one attached hydrogen (secondary N) is 1. The van der Waals surface area contributed by atoms with Crippen LogP contribution in [0, 0.1) is 0 Å². The van der Waals surface area contributed by atoms with E-state index in [9.17, 15) is 9.59 Å². The number of piperidine rings is 1. The van der Waals surface area contributed by atoms with E-state index in [1.807, 2.05) is 11.9 Å². The van der Waals surface area contributed by atoms with Crippen LogP contribution >= 0.6 is 24.2 Å². The van der Waals surface area contributed by atoms with Crippen molar-refractivity contribution in [2.75, 3.05) is 31.6 Å². The van der Waals surface area contributed by atoms with Crippen LogP contribution < -0.4 is 11.1 Å². The Morgan fingerprint density at radius 1 is 1.47 bits per heavy atom. The number of carbonyl (C=O) groups is 2. The van der Waals surface area contributed by atoms with Crippen LogP contribution in [0.1, 0.15) is 12.8 Å². The van der Waals surface area contributed by atoms with Crippen LogP contribution in [0.25, 0.3) is 0 Å². The molecule has 1 aliphatic heterocycles. The molecular weight excluding hydrogens is 262 g/mol. The van der Waals surface area contributed by atoms with E-state index in [0.29, 0.717) is 11.8 Å². The molecule has 5 nitrogen and oxygen atoms in total.